The first kappa shape index (κ1) is 41.1. The molecule has 1 heterocycles. The van der Waals surface area contributed by atoms with E-state index in [1.807, 2.05) is 30.3 Å². The second kappa shape index (κ2) is 18.0. The summed E-state index contributed by atoms with van der Waals surface area (Å²) in [7, 11) is 1.60. The predicted molar refractivity (Wildman–Crippen MR) is 199 cm³/mol. The Morgan fingerprint density at radius 2 is 1.67 bits per heavy atom. The third kappa shape index (κ3) is 9.97. The largest absolute Gasteiger partial charge is 0.504 e. The average Bonchev–Trinajstić information content (AvgIpc) is 3.15. The Morgan fingerprint density at radius 3 is 2.36 bits per heavy atom. The Kier molecular flexibility index (Phi) is 13.5. The van der Waals surface area contributed by atoms with E-state index in [4.69, 9.17) is 14.2 Å². The lowest BCUT2D eigenvalue weighted by molar-refractivity contribution is -0.268. The Bertz CT molecular complexity index is 1900. The maximum Gasteiger partial charge on any atom is 0.336 e. The number of hydrogen-bond acceptors (Lipinski definition) is 13. The van der Waals surface area contributed by atoms with Crippen LogP contribution in [0.5, 0.6) is 23.0 Å². The molecule has 8 N–H and O–H groups in total. The van der Waals surface area contributed by atoms with Gasteiger partial charge in [0.1, 0.15) is 24.4 Å². The number of carbonyl (C=O) groups is 3. The van der Waals surface area contributed by atoms with E-state index in [1.54, 1.807) is 7.05 Å². The number of rotatable bonds is 15. The lowest BCUT2D eigenvalue weighted by Gasteiger charge is -2.53. The first-order valence-electron chi connectivity index (χ1n) is 17.9. The topological polar surface area (TPSA) is 233 Å². The van der Waals surface area contributed by atoms with Gasteiger partial charge in [-0.15, -0.1) is 0 Å². The summed E-state index contributed by atoms with van der Waals surface area (Å²) in [5, 5.41) is 74.4. The number of nitrogens with one attached hydrogen (secondary N) is 1. The van der Waals surface area contributed by atoms with E-state index in [9.17, 15) is 50.1 Å². The highest BCUT2D eigenvalue weighted by Crippen LogP contribution is 2.45. The summed E-state index contributed by atoms with van der Waals surface area (Å²) in [6, 6.07) is 16.1. The molecule has 2 fully saturated rings. The van der Waals surface area contributed by atoms with E-state index in [0.29, 0.717) is 18.4 Å². The monoisotopic (exact) mass is 761 g/mol. The van der Waals surface area contributed by atoms with Crippen molar-refractivity contribution in [2.45, 2.75) is 68.2 Å². The van der Waals surface area contributed by atoms with Gasteiger partial charge in [-0.05, 0) is 90.9 Å². The van der Waals surface area contributed by atoms with Crippen LogP contribution in [0.25, 0.3) is 12.2 Å². The summed E-state index contributed by atoms with van der Waals surface area (Å²) < 4.78 is 18.9. The quantitative estimate of drug-likeness (QED) is 0.0821. The molecule has 14 heteroatoms. The van der Waals surface area contributed by atoms with Crippen LogP contribution in [-0.4, -0.2) is 110 Å². The summed E-state index contributed by atoms with van der Waals surface area (Å²) >= 11 is 0. The van der Waals surface area contributed by atoms with Gasteiger partial charge in [0.25, 0.3) is 0 Å². The molecular formula is C41H47NO13. The SMILES string of the molecule is CNC[C@@]12C[C@](OCC(=O)/C=C/c3ccc(O)c(O)c3)(C(=O)O)C[C@@H](O)[C@H]1OC[C@@H](CCc1ccccc1)C[C@H](C(=O)/C=C/c1cc(O)c(O)cc1CO)O2. The van der Waals surface area contributed by atoms with Crippen LogP contribution in [0.1, 0.15) is 47.9 Å². The van der Waals surface area contributed by atoms with Crippen molar-refractivity contribution in [3.05, 3.63) is 95.1 Å². The van der Waals surface area contributed by atoms with Gasteiger partial charge in [-0.25, -0.2) is 4.79 Å². The molecule has 14 nitrogen and oxygen atoms in total. The first-order valence-corrected chi connectivity index (χ1v) is 17.9. The number of phenolic OH excluding ortho intramolecular Hbond substituents is 4. The van der Waals surface area contributed by atoms with Gasteiger partial charge >= 0.3 is 5.97 Å². The number of carbonyl (C=O) groups excluding carboxylic acids is 2. The first-order chi connectivity index (χ1) is 26.3. The summed E-state index contributed by atoms with van der Waals surface area (Å²) in [6.07, 6.45) is 1.92. The number of phenols is 4. The van der Waals surface area contributed by atoms with Crippen molar-refractivity contribution in [3.63, 3.8) is 0 Å². The molecule has 3 aromatic carbocycles. The van der Waals surface area contributed by atoms with Crippen LogP contribution >= 0.6 is 0 Å². The van der Waals surface area contributed by atoms with Crippen LogP contribution in [0.3, 0.4) is 0 Å². The fraction of sp³-hybridized carbons (Fsp3) is 0.390. The zero-order valence-electron chi connectivity index (χ0n) is 30.3. The third-order valence-corrected chi connectivity index (χ3v) is 10.1. The second-order valence-electron chi connectivity index (χ2n) is 14.1. The molecule has 0 amide bonds. The van der Waals surface area contributed by atoms with Gasteiger partial charge in [0, 0.05) is 19.4 Å². The van der Waals surface area contributed by atoms with Gasteiger partial charge in [0.2, 0.25) is 0 Å². The second-order valence-corrected chi connectivity index (χ2v) is 14.1. The molecule has 1 saturated heterocycles. The van der Waals surface area contributed by atoms with Crippen LogP contribution in [0, 0.1) is 5.92 Å². The molecule has 0 aromatic heterocycles. The smallest absolute Gasteiger partial charge is 0.336 e. The molecule has 6 atom stereocenters. The van der Waals surface area contributed by atoms with E-state index in [-0.39, 0.29) is 48.1 Å². The van der Waals surface area contributed by atoms with E-state index >= 15 is 0 Å². The van der Waals surface area contributed by atoms with Crippen molar-refractivity contribution < 1.29 is 64.3 Å². The van der Waals surface area contributed by atoms with Gasteiger partial charge in [0.15, 0.2) is 40.2 Å². The minimum absolute atomic E-state index is 0.0754. The Morgan fingerprint density at radius 1 is 0.945 bits per heavy atom. The molecule has 294 valence electrons. The van der Waals surface area contributed by atoms with Gasteiger partial charge < -0.3 is 55.3 Å². The highest BCUT2D eigenvalue weighted by Gasteiger charge is 2.61. The zero-order chi connectivity index (χ0) is 39.8. The average molecular weight is 762 g/mol. The molecule has 2 aliphatic rings. The highest BCUT2D eigenvalue weighted by molar-refractivity contribution is 5.97. The van der Waals surface area contributed by atoms with Crippen LogP contribution in [0.15, 0.2) is 72.8 Å². The maximum atomic E-state index is 14.1. The number of aryl methyl sites for hydroxylation is 1. The molecule has 0 spiro atoms. The van der Waals surface area contributed by atoms with Crippen molar-refractivity contribution in [1.82, 2.24) is 5.32 Å². The van der Waals surface area contributed by atoms with Crippen molar-refractivity contribution in [3.8, 4) is 23.0 Å². The molecule has 1 aliphatic heterocycles. The number of aliphatic hydroxyl groups excluding tert-OH is 2. The number of likely N-dealkylation sites (N-methyl/N-ethyl adjacent to an activating group) is 1. The van der Waals surface area contributed by atoms with Crippen LogP contribution in [0.2, 0.25) is 0 Å². The molecule has 5 rings (SSSR count). The molecule has 1 saturated carbocycles. The van der Waals surface area contributed by atoms with Crippen LogP contribution in [-0.2, 0) is 41.6 Å². The number of hydrogen-bond donors (Lipinski definition) is 8. The van der Waals surface area contributed by atoms with Gasteiger partial charge in [-0.2, -0.15) is 0 Å². The normalized spacial score (nSPS) is 25.7. The standard InChI is InChI=1S/C41H47NO13/c1-42-24-41-23-40(39(51)52,54-22-30(44)12-9-26-10-13-31(45)33(47)15-26)19-36(50)38(41)53-21-27(8-7-25-5-3-2-4-6-25)16-37(55-41)32(46)14-11-28-17-34(48)35(49)18-29(28)20-43/h2-6,9-15,17-18,27,36-38,42-43,45,47-50H,7-8,16,19-24H2,1H3,(H,51,52)/b12-9+,14-11+/t27-,36+,37+,38+,40-,41-/m0/s1. The van der Waals surface area contributed by atoms with Crippen molar-refractivity contribution in [2.75, 3.05) is 26.8 Å². The molecule has 0 bridgehead atoms. The summed E-state index contributed by atoms with van der Waals surface area (Å²) in [6.45, 7) is -1.14. The number of ketones is 2. The number of benzene rings is 3. The Labute approximate surface area is 317 Å². The lowest BCUT2D eigenvalue weighted by atomic mass is 9.70. The zero-order valence-corrected chi connectivity index (χ0v) is 30.3. The molecule has 3 aromatic rings. The molecule has 0 unspecified atom stereocenters. The molecule has 0 radical (unpaired) electrons. The summed E-state index contributed by atoms with van der Waals surface area (Å²) in [5.74, 6) is -4.43. The number of aliphatic hydroxyl groups is 2. The van der Waals surface area contributed by atoms with E-state index in [2.05, 4.69) is 5.32 Å². The number of ether oxygens (including phenoxy) is 3. The van der Waals surface area contributed by atoms with E-state index in [1.165, 1.54) is 48.6 Å². The van der Waals surface area contributed by atoms with Crippen LogP contribution in [0.4, 0.5) is 0 Å². The summed E-state index contributed by atoms with van der Waals surface area (Å²) in [5.41, 5.74) is -1.81. The number of carboxylic acids is 1. The number of aromatic hydroxyl groups is 4. The van der Waals surface area contributed by atoms with Crippen molar-refractivity contribution >= 4 is 29.7 Å². The summed E-state index contributed by atoms with van der Waals surface area (Å²) in [4.78, 5) is 40.1. The third-order valence-electron chi connectivity index (χ3n) is 10.1. The van der Waals surface area contributed by atoms with Gasteiger partial charge in [-0.3, -0.25) is 9.59 Å². The maximum absolute atomic E-state index is 14.1. The fourth-order valence-electron chi connectivity index (χ4n) is 7.29. The number of carboxylic acid groups (broad SMARTS) is 1. The van der Waals surface area contributed by atoms with E-state index < -0.39 is 84.6 Å². The minimum Gasteiger partial charge on any atom is -0.504 e. The van der Waals surface area contributed by atoms with E-state index in [0.717, 1.165) is 11.6 Å². The highest BCUT2D eigenvalue weighted by atomic mass is 16.6. The van der Waals surface area contributed by atoms with Crippen molar-refractivity contribution in [1.29, 1.82) is 0 Å². The predicted octanol–water partition coefficient (Wildman–Crippen LogP) is 3.24. The minimum atomic E-state index is -2.15. The Hall–Kier alpha value is -5.09. The van der Waals surface area contributed by atoms with Crippen molar-refractivity contribution in [2.24, 2.45) is 5.92 Å². The molecular weight excluding hydrogens is 714 g/mol. The van der Waals surface area contributed by atoms with Gasteiger partial charge in [0.05, 0.1) is 19.3 Å². The van der Waals surface area contributed by atoms with Crippen LogP contribution < -0.4 is 5.32 Å². The van der Waals surface area contributed by atoms with Gasteiger partial charge in [-0.1, -0.05) is 48.6 Å². The number of fused-ring (bicyclic) bond motifs is 1. The number of aliphatic carboxylic acids is 1. The Balaban J connectivity index is 1.44. The fourth-order valence-corrected chi connectivity index (χ4v) is 7.29. The molecule has 1 aliphatic carbocycles. The molecule has 55 heavy (non-hydrogen) atoms. The lowest BCUT2D eigenvalue weighted by Crippen LogP contribution is -2.69.